The third-order valence-corrected chi connectivity index (χ3v) is 2.06. The second kappa shape index (κ2) is 4.43. The molecule has 17 heavy (non-hydrogen) atoms. The number of hydrogen-bond donors (Lipinski definition) is 0. The van der Waals surface area contributed by atoms with Crippen molar-refractivity contribution in [3.8, 4) is 0 Å². The highest BCUT2D eigenvalue weighted by molar-refractivity contribution is 5.19. The average molecular weight is 270 g/mol. The Morgan fingerprint density at radius 2 is 1.59 bits per heavy atom. The summed E-state index contributed by atoms with van der Waals surface area (Å²) in [5.41, 5.74) is 0. The van der Waals surface area contributed by atoms with Crippen LogP contribution in [0, 0.1) is 0 Å². The highest BCUT2D eigenvalue weighted by Crippen LogP contribution is 2.45. The van der Waals surface area contributed by atoms with Gasteiger partial charge in [0.1, 0.15) is 0 Å². The van der Waals surface area contributed by atoms with Gasteiger partial charge in [-0.2, -0.15) is 8.78 Å². The zero-order valence-corrected chi connectivity index (χ0v) is 7.90. The maximum atomic E-state index is 13.3. The molecule has 1 aliphatic rings. The molecule has 0 N–H and O–H groups in total. The third kappa shape index (κ3) is 2.38. The Bertz CT molecular complexity index is 306. The Morgan fingerprint density at radius 3 is 1.94 bits per heavy atom. The number of alkyl halides is 8. The van der Waals surface area contributed by atoms with E-state index < -0.39 is 36.9 Å². The molecule has 1 rings (SSSR count). The fraction of sp³-hybridized carbons (Fsp3) is 0.750. The Morgan fingerprint density at radius 1 is 1.06 bits per heavy atom. The van der Waals surface area contributed by atoms with Gasteiger partial charge in [-0.25, -0.2) is 26.3 Å². The third-order valence-electron chi connectivity index (χ3n) is 2.06. The average Bonchev–Trinajstić information content (AvgIpc) is 2.41. The first-order chi connectivity index (χ1) is 7.62. The minimum atomic E-state index is -4.57. The number of ether oxygens (including phenoxy) is 1. The van der Waals surface area contributed by atoms with Gasteiger partial charge in [0.05, 0.1) is 0 Å². The quantitative estimate of drug-likeness (QED) is 0.563. The Labute approximate surface area is 90.0 Å². The molecule has 9 heteroatoms. The van der Waals surface area contributed by atoms with Crippen molar-refractivity contribution in [1.29, 1.82) is 0 Å². The lowest BCUT2D eigenvalue weighted by atomic mass is 10.1. The molecule has 4 atom stereocenters. The van der Waals surface area contributed by atoms with E-state index in [1.807, 2.05) is 0 Å². The number of halogens is 8. The maximum absolute atomic E-state index is 13.3. The molecule has 0 aromatic rings. The van der Waals surface area contributed by atoms with E-state index in [0.717, 1.165) is 0 Å². The summed E-state index contributed by atoms with van der Waals surface area (Å²) in [4.78, 5) is 0. The topological polar surface area (TPSA) is 9.23 Å². The lowest BCUT2D eigenvalue weighted by Crippen LogP contribution is -2.51. The van der Waals surface area contributed by atoms with E-state index in [1.165, 1.54) is 0 Å². The Hall–Kier alpha value is -0.860. The molecule has 4 unspecified atom stereocenters. The van der Waals surface area contributed by atoms with Crippen molar-refractivity contribution in [2.75, 3.05) is 0 Å². The zero-order valence-electron chi connectivity index (χ0n) is 7.90. The maximum Gasteiger partial charge on any atom is 0.327 e. The van der Waals surface area contributed by atoms with Crippen LogP contribution in [-0.4, -0.2) is 36.9 Å². The molecular formula is C8H6F8O. The summed E-state index contributed by atoms with van der Waals surface area (Å²) < 4.78 is 103. The molecule has 0 radical (unpaired) electrons. The molecule has 0 heterocycles. The Balaban J connectivity index is 2.80. The largest absolute Gasteiger partial charge is 0.327 e. The molecule has 1 nitrogen and oxygen atoms in total. The summed E-state index contributed by atoms with van der Waals surface area (Å²) in [5, 5.41) is 0. The van der Waals surface area contributed by atoms with Crippen LogP contribution >= 0.6 is 0 Å². The molecule has 0 aliphatic heterocycles. The van der Waals surface area contributed by atoms with Crippen LogP contribution in [0.15, 0.2) is 12.2 Å². The SMILES string of the molecule is FC(F)C(F)C(F)OC1(F)C(F)C=CC1(F)F. The molecule has 0 bridgehead atoms. The molecule has 0 saturated carbocycles. The van der Waals surface area contributed by atoms with Crippen LogP contribution in [0.25, 0.3) is 0 Å². The number of rotatable bonds is 4. The minimum Gasteiger partial charge on any atom is -0.300 e. The van der Waals surface area contributed by atoms with Crippen molar-refractivity contribution >= 4 is 0 Å². The van der Waals surface area contributed by atoms with Crippen LogP contribution in [0.3, 0.4) is 0 Å². The lowest BCUT2D eigenvalue weighted by molar-refractivity contribution is -0.320. The van der Waals surface area contributed by atoms with Gasteiger partial charge in [-0.15, -0.1) is 0 Å². The van der Waals surface area contributed by atoms with E-state index in [4.69, 9.17) is 0 Å². The number of hydrogen-bond acceptors (Lipinski definition) is 1. The van der Waals surface area contributed by atoms with Crippen LogP contribution in [0.5, 0.6) is 0 Å². The van der Waals surface area contributed by atoms with Crippen molar-refractivity contribution in [3.05, 3.63) is 12.2 Å². The summed E-state index contributed by atoms with van der Waals surface area (Å²) in [6, 6.07) is 0. The summed E-state index contributed by atoms with van der Waals surface area (Å²) in [6.07, 6.45) is -14.6. The first-order valence-corrected chi connectivity index (χ1v) is 4.26. The predicted molar refractivity (Wildman–Crippen MR) is 39.7 cm³/mol. The van der Waals surface area contributed by atoms with E-state index in [9.17, 15) is 35.1 Å². The molecular weight excluding hydrogens is 264 g/mol. The van der Waals surface area contributed by atoms with E-state index in [1.54, 1.807) is 0 Å². The first kappa shape index (κ1) is 14.2. The van der Waals surface area contributed by atoms with Gasteiger partial charge in [-0.1, -0.05) is 0 Å². The lowest BCUT2D eigenvalue weighted by Gasteiger charge is -2.30. The fourth-order valence-electron chi connectivity index (χ4n) is 1.11. The fourth-order valence-corrected chi connectivity index (χ4v) is 1.11. The van der Waals surface area contributed by atoms with Crippen LogP contribution < -0.4 is 0 Å². The van der Waals surface area contributed by atoms with Gasteiger partial charge >= 0.3 is 11.8 Å². The van der Waals surface area contributed by atoms with Crippen LogP contribution in [-0.2, 0) is 4.74 Å². The smallest absolute Gasteiger partial charge is 0.300 e. The standard InChI is InChI=1S/C8H6F8O/c9-3-1-2-7(14,15)8(3,16)17-6(13)4(10)5(11)12/h1-6H. The van der Waals surface area contributed by atoms with Crippen molar-refractivity contribution < 1.29 is 39.9 Å². The van der Waals surface area contributed by atoms with Crippen LogP contribution in [0.4, 0.5) is 35.1 Å². The molecule has 0 aromatic heterocycles. The zero-order chi connectivity index (χ0) is 13.4. The van der Waals surface area contributed by atoms with Crippen molar-refractivity contribution in [2.45, 2.75) is 36.9 Å². The molecule has 0 aromatic carbocycles. The normalized spacial score (nSPS) is 35.2. The first-order valence-electron chi connectivity index (χ1n) is 4.26. The van der Waals surface area contributed by atoms with Crippen molar-refractivity contribution in [2.24, 2.45) is 0 Å². The molecule has 1 aliphatic carbocycles. The predicted octanol–water partition coefficient (Wildman–Crippen LogP) is 3.11. The van der Waals surface area contributed by atoms with E-state index in [-0.39, 0.29) is 12.2 Å². The van der Waals surface area contributed by atoms with Crippen molar-refractivity contribution in [3.63, 3.8) is 0 Å². The molecule has 100 valence electrons. The summed E-state index contributed by atoms with van der Waals surface area (Å²) in [6.45, 7) is 0. The molecule has 0 fully saturated rings. The second-order valence-electron chi connectivity index (χ2n) is 3.28. The van der Waals surface area contributed by atoms with Gasteiger partial charge < -0.3 is 4.74 Å². The van der Waals surface area contributed by atoms with E-state index in [0.29, 0.717) is 0 Å². The van der Waals surface area contributed by atoms with Gasteiger partial charge in [0.25, 0.3) is 6.43 Å². The monoisotopic (exact) mass is 270 g/mol. The molecule has 0 spiro atoms. The van der Waals surface area contributed by atoms with E-state index in [2.05, 4.69) is 4.74 Å². The van der Waals surface area contributed by atoms with Crippen LogP contribution in [0.1, 0.15) is 0 Å². The summed E-state index contributed by atoms with van der Waals surface area (Å²) >= 11 is 0. The second-order valence-corrected chi connectivity index (χ2v) is 3.28. The van der Waals surface area contributed by atoms with Gasteiger partial charge in [0.2, 0.25) is 12.5 Å². The molecule has 0 saturated heterocycles. The summed E-state index contributed by atoms with van der Waals surface area (Å²) in [5.74, 6) is -9.09. The van der Waals surface area contributed by atoms with Crippen LogP contribution in [0.2, 0.25) is 0 Å². The molecule has 0 amide bonds. The van der Waals surface area contributed by atoms with Gasteiger partial charge in [-0.05, 0) is 12.2 Å². The highest BCUT2D eigenvalue weighted by Gasteiger charge is 2.65. The summed E-state index contributed by atoms with van der Waals surface area (Å²) in [7, 11) is 0. The van der Waals surface area contributed by atoms with E-state index >= 15 is 0 Å². The van der Waals surface area contributed by atoms with Gasteiger partial charge in [0.15, 0.2) is 6.17 Å². The highest BCUT2D eigenvalue weighted by atomic mass is 19.3. The Kier molecular flexibility index (Phi) is 3.70. The van der Waals surface area contributed by atoms with Gasteiger partial charge in [0, 0.05) is 0 Å². The van der Waals surface area contributed by atoms with Gasteiger partial charge in [-0.3, -0.25) is 0 Å². The van der Waals surface area contributed by atoms with Crippen molar-refractivity contribution in [1.82, 2.24) is 0 Å². The minimum absolute atomic E-state index is 0.0301.